The Kier molecular flexibility index (Phi) is 6.37. The number of ether oxygens (including phenoxy) is 1. The van der Waals surface area contributed by atoms with Gasteiger partial charge in [-0.1, -0.05) is 12.1 Å². The molecule has 1 aliphatic rings. The average molecular weight is 462 g/mol. The number of amides is 3. The molecule has 3 aromatic rings. The predicted octanol–water partition coefficient (Wildman–Crippen LogP) is 4.78. The average Bonchev–Trinajstić information content (AvgIpc) is 3.28. The Labute approximate surface area is 196 Å². The summed E-state index contributed by atoms with van der Waals surface area (Å²) in [4.78, 5) is 38.9. The Morgan fingerprint density at radius 2 is 1.85 bits per heavy atom. The van der Waals surface area contributed by atoms with Crippen molar-refractivity contribution in [3.05, 3.63) is 82.5 Å². The number of methoxy groups -OCH3 is 1. The van der Waals surface area contributed by atoms with Crippen LogP contribution in [0, 0.1) is 13.8 Å². The topological polar surface area (TPSA) is 80.6 Å². The van der Waals surface area contributed by atoms with Gasteiger partial charge in [-0.05, 0) is 85.3 Å². The molecule has 3 amide bonds. The van der Waals surface area contributed by atoms with Crippen LogP contribution < -0.4 is 10.1 Å². The maximum Gasteiger partial charge on any atom is 0.294 e. The highest BCUT2D eigenvalue weighted by Crippen LogP contribution is 2.32. The van der Waals surface area contributed by atoms with Crippen LogP contribution in [0.25, 0.3) is 11.8 Å². The van der Waals surface area contributed by atoms with Gasteiger partial charge in [0.15, 0.2) is 0 Å². The number of anilines is 1. The third kappa shape index (κ3) is 5.01. The molecule has 1 N–H and O–H groups in total. The molecule has 1 aromatic heterocycles. The molecule has 0 unspecified atom stereocenters. The highest BCUT2D eigenvalue weighted by Gasteiger charge is 2.36. The van der Waals surface area contributed by atoms with E-state index in [0.717, 1.165) is 44.9 Å². The van der Waals surface area contributed by atoms with E-state index < -0.39 is 17.1 Å². The van der Waals surface area contributed by atoms with Gasteiger partial charge in [-0.15, -0.1) is 0 Å². The molecule has 0 atom stereocenters. The number of imide groups is 1. The minimum atomic E-state index is -0.473. The first-order valence-electron chi connectivity index (χ1n) is 10.3. The molecule has 0 radical (unpaired) electrons. The molecule has 7 nitrogen and oxygen atoms in total. The maximum absolute atomic E-state index is 12.8. The number of nitrogens with one attached hydrogen (secondary N) is 1. The molecule has 0 bridgehead atoms. The second kappa shape index (κ2) is 9.38. The van der Waals surface area contributed by atoms with E-state index in [1.165, 1.54) is 0 Å². The number of thioether (sulfide) groups is 1. The zero-order valence-corrected chi connectivity index (χ0v) is 19.3. The molecule has 4 rings (SSSR count). The largest absolute Gasteiger partial charge is 0.497 e. The van der Waals surface area contributed by atoms with Gasteiger partial charge in [-0.2, -0.15) is 0 Å². The van der Waals surface area contributed by atoms with Crippen molar-refractivity contribution in [2.45, 2.75) is 13.8 Å². The Balaban J connectivity index is 1.48. The lowest BCUT2D eigenvalue weighted by molar-refractivity contribution is -0.127. The fourth-order valence-corrected chi connectivity index (χ4v) is 4.39. The monoisotopic (exact) mass is 461 g/mol. The predicted molar refractivity (Wildman–Crippen MR) is 130 cm³/mol. The molecule has 8 heteroatoms. The van der Waals surface area contributed by atoms with Gasteiger partial charge in [0.1, 0.15) is 12.3 Å². The molecular formula is C25H23N3O4S. The van der Waals surface area contributed by atoms with Crippen molar-refractivity contribution < 1.29 is 19.1 Å². The second-order valence-electron chi connectivity index (χ2n) is 7.67. The minimum Gasteiger partial charge on any atom is -0.497 e. The van der Waals surface area contributed by atoms with Crippen molar-refractivity contribution in [2.24, 2.45) is 0 Å². The van der Waals surface area contributed by atoms with Gasteiger partial charge in [0.05, 0.1) is 12.0 Å². The quantitative estimate of drug-likeness (QED) is 0.535. The van der Waals surface area contributed by atoms with Crippen LogP contribution in [0.4, 0.5) is 10.5 Å². The lowest BCUT2D eigenvalue weighted by Crippen LogP contribution is -2.36. The number of benzene rings is 2. The van der Waals surface area contributed by atoms with Gasteiger partial charge < -0.3 is 14.6 Å². The van der Waals surface area contributed by atoms with Crippen LogP contribution in [0.3, 0.4) is 0 Å². The normalized spacial score (nSPS) is 14.8. The molecule has 1 aliphatic heterocycles. The van der Waals surface area contributed by atoms with E-state index in [0.29, 0.717) is 5.69 Å². The molecule has 0 saturated carbocycles. The van der Waals surface area contributed by atoms with E-state index >= 15 is 0 Å². The number of carbonyl (C=O) groups excluding carboxylic acids is 3. The van der Waals surface area contributed by atoms with Gasteiger partial charge >= 0.3 is 0 Å². The fourth-order valence-electron chi connectivity index (χ4n) is 3.55. The van der Waals surface area contributed by atoms with Gasteiger partial charge in [-0.25, -0.2) is 0 Å². The standard InChI is InChI=1S/C25H23N3O4S/c1-16-5-4-6-19(11-16)26-23(29)15-28-24(30)22(33-25(28)31)13-18-12-17(2)27(14-18)20-7-9-21(32-3)10-8-20/h4-14H,15H2,1-3H3,(H,26,29)/b22-13+. The number of hydrogen-bond acceptors (Lipinski definition) is 5. The summed E-state index contributed by atoms with van der Waals surface area (Å²) in [6.07, 6.45) is 3.58. The van der Waals surface area contributed by atoms with E-state index in [1.54, 1.807) is 19.3 Å². The van der Waals surface area contributed by atoms with Crippen molar-refractivity contribution in [1.29, 1.82) is 0 Å². The third-order valence-corrected chi connectivity index (χ3v) is 6.07. The van der Waals surface area contributed by atoms with Crippen LogP contribution in [-0.4, -0.2) is 40.2 Å². The molecular weight excluding hydrogens is 438 g/mol. The maximum atomic E-state index is 12.8. The molecule has 1 saturated heterocycles. The number of carbonyl (C=O) groups is 3. The first-order valence-corrected chi connectivity index (χ1v) is 11.1. The molecule has 1 fully saturated rings. The van der Waals surface area contributed by atoms with Crippen LogP contribution in [0.5, 0.6) is 5.75 Å². The molecule has 33 heavy (non-hydrogen) atoms. The first-order chi connectivity index (χ1) is 15.8. The Morgan fingerprint density at radius 3 is 2.55 bits per heavy atom. The number of nitrogens with zero attached hydrogens (tertiary/aromatic N) is 2. The molecule has 0 aliphatic carbocycles. The van der Waals surface area contributed by atoms with E-state index in [-0.39, 0.29) is 11.4 Å². The summed E-state index contributed by atoms with van der Waals surface area (Å²) in [6.45, 7) is 3.55. The van der Waals surface area contributed by atoms with Crippen LogP contribution in [0.1, 0.15) is 16.8 Å². The van der Waals surface area contributed by atoms with Gasteiger partial charge in [0, 0.05) is 23.3 Å². The van der Waals surface area contributed by atoms with Crippen LogP contribution in [0.15, 0.2) is 65.7 Å². The highest BCUT2D eigenvalue weighted by atomic mass is 32.2. The fraction of sp³-hybridized carbons (Fsp3) is 0.160. The molecule has 2 aromatic carbocycles. The van der Waals surface area contributed by atoms with Gasteiger partial charge in [0.25, 0.3) is 11.1 Å². The summed E-state index contributed by atoms with van der Waals surface area (Å²) in [6, 6.07) is 16.9. The Bertz CT molecular complexity index is 1260. The Morgan fingerprint density at radius 1 is 1.09 bits per heavy atom. The summed E-state index contributed by atoms with van der Waals surface area (Å²) < 4.78 is 7.19. The van der Waals surface area contributed by atoms with Crippen LogP contribution in [0.2, 0.25) is 0 Å². The number of hydrogen-bond donors (Lipinski definition) is 1. The number of aryl methyl sites for hydroxylation is 2. The summed E-state index contributed by atoms with van der Waals surface area (Å²) in [5, 5.41) is 2.27. The van der Waals surface area contributed by atoms with Gasteiger partial charge in [-0.3, -0.25) is 19.3 Å². The zero-order valence-electron chi connectivity index (χ0n) is 18.5. The van der Waals surface area contributed by atoms with E-state index in [1.807, 2.05) is 73.1 Å². The highest BCUT2D eigenvalue weighted by molar-refractivity contribution is 8.18. The number of aromatic nitrogens is 1. The molecule has 0 spiro atoms. The summed E-state index contributed by atoms with van der Waals surface area (Å²) in [5.74, 6) is -0.131. The molecule has 168 valence electrons. The van der Waals surface area contributed by atoms with Crippen LogP contribution in [-0.2, 0) is 9.59 Å². The zero-order chi connectivity index (χ0) is 23.5. The SMILES string of the molecule is COc1ccc(-n2cc(/C=C3/SC(=O)N(CC(=O)Nc4cccc(C)c4)C3=O)cc2C)cc1. The van der Waals surface area contributed by atoms with Crippen molar-refractivity contribution in [2.75, 3.05) is 19.0 Å². The minimum absolute atomic E-state index is 0.287. The van der Waals surface area contributed by atoms with Gasteiger partial charge in [0.2, 0.25) is 5.91 Å². The van der Waals surface area contributed by atoms with Crippen molar-refractivity contribution in [3.63, 3.8) is 0 Å². The van der Waals surface area contributed by atoms with Crippen molar-refractivity contribution >= 4 is 40.6 Å². The molecule has 2 heterocycles. The van der Waals surface area contributed by atoms with Crippen LogP contribution >= 0.6 is 11.8 Å². The van der Waals surface area contributed by atoms with E-state index in [2.05, 4.69) is 5.32 Å². The summed E-state index contributed by atoms with van der Waals surface area (Å²) >= 11 is 0.836. The van der Waals surface area contributed by atoms with Crippen molar-refractivity contribution in [3.8, 4) is 11.4 Å². The van der Waals surface area contributed by atoms with E-state index in [9.17, 15) is 14.4 Å². The summed E-state index contributed by atoms with van der Waals surface area (Å²) in [5.41, 5.74) is 4.34. The first kappa shape index (κ1) is 22.4. The summed E-state index contributed by atoms with van der Waals surface area (Å²) in [7, 11) is 1.62. The van der Waals surface area contributed by atoms with E-state index in [4.69, 9.17) is 4.74 Å². The lowest BCUT2D eigenvalue weighted by atomic mass is 10.2. The Hall–Kier alpha value is -3.78. The third-order valence-electron chi connectivity index (χ3n) is 5.16. The van der Waals surface area contributed by atoms with Crippen molar-refractivity contribution in [1.82, 2.24) is 9.47 Å². The number of rotatable bonds is 6. The second-order valence-corrected chi connectivity index (χ2v) is 8.66. The smallest absolute Gasteiger partial charge is 0.294 e. The lowest BCUT2D eigenvalue weighted by Gasteiger charge is -2.12.